The van der Waals surface area contributed by atoms with E-state index in [1.165, 1.54) is 25.5 Å². The van der Waals surface area contributed by atoms with E-state index in [0.29, 0.717) is 51.7 Å². The summed E-state index contributed by atoms with van der Waals surface area (Å²) in [5, 5.41) is 11.6. The number of nitrogens with one attached hydrogen (secondary N) is 2. The van der Waals surface area contributed by atoms with Crippen LogP contribution in [0.4, 0.5) is 23.0 Å². The molecule has 0 saturated heterocycles. The molecule has 0 radical (unpaired) electrons. The molecule has 37 heavy (non-hydrogen) atoms. The van der Waals surface area contributed by atoms with E-state index < -0.39 is 5.91 Å². The number of amides is 2. The maximum atomic E-state index is 12.2. The van der Waals surface area contributed by atoms with Gasteiger partial charge in [0, 0.05) is 41.7 Å². The van der Waals surface area contributed by atoms with Crippen LogP contribution in [0.1, 0.15) is 24.5 Å². The SMILES string of the molecule is CCC(=O)Nc1cnc(Nc2cc(C=CC(N)=O)c(N)c(C)c2OC)nc1-c1nn(C)c2ccccc12. The summed E-state index contributed by atoms with van der Waals surface area (Å²) in [4.78, 5) is 32.6. The van der Waals surface area contributed by atoms with Crippen LogP contribution in [0.15, 0.2) is 42.6 Å². The Morgan fingerprint density at radius 3 is 2.65 bits per heavy atom. The molecule has 0 aliphatic heterocycles. The van der Waals surface area contributed by atoms with E-state index in [1.54, 1.807) is 24.6 Å². The van der Waals surface area contributed by atoms with Crippen LogP contribution in [-0.2, 0) is 16.6 Å². The first kappa shape index (κ1) is 25.2. The van der Waals surface area contributed by atoms with E-state index in [4.69, 9.17) is 21.2 Å². The number of nitrogens with zero attached hydrogens (tertiary/aromatic N) is 4. The van der Waals surface area contributed by atoms with Gasteiger partial charge in [-0.05, 0) is 25.1 Å². The van der Waals surface area contributed by atoms with Gasteiger partial charge in [0.05, 0.1) is 30.2 Å². The molecular formula is C26H28N8O3. The second kappa shape index (κ2) is 10.4. The number of fused-ring (bicyclic) bond motifs is 1. The smallest absolute Gasteiger partial charge is 0.241 e. The Hall–Kier alpha value is -4.93. The van der Waals surface area contributed by atoms with Crippen molar-refractivity contribution in [2.24, 2.45) is 12.8 Å². The lowest BCUT2D eigenvalue weighted by Crippen LogP contribution is -2.12. The van der Waals surface area contributed by atoms with Crippen LogP contribution in [0, 0.1) is 6.92 Å². The average molecular weight is 501 g/mol. The van der Waals surface area contributed by atoms with Crippen molar-refractivity contribution in [2.45, 2.75) is 20.3 Å². The van der Waals surface area contributed by atoms with Gasteiger partial charge in [0.25, 0.3) is 0 Å². The lowest BCUT2D eigenvalue weighted by Gasteiger charge is -2.17. The van der Waals surface area contributed by atoms with Gasteiger partial charge in [-0.3, -0.25) is 14.3 Å². The Bertz CT molecular complexity index is 1540. The number of nitrogens with two attached hydrogens (primary N) is 2. The fourth-order valence-corrected chi connectivity index (χ4v) is 3.97. The van der Waals surface area contributed by atoms with Crippen LogP contribution in [0.2, 0.25) is 0 Å². The van der Waals surface area contributed by atoms with Gasteiger partial charge in [-0.2, -0.15) is 5.10 Å². The summed E-state index contributed by atoms with van der Waals surface area (Å²) in [5.41, 5.74) is 16.1. The molecule has 0 atom stereocenters. The Balaban J connectivity index is 1.85. The van der Waals surface area contributed by atoms with Crippen molar-refractivity contribution in [2.75, 3.05) is 23.5 Å². The van der Waals surface area contributed by atoms with Gasteiger partial charge in [0.1, 0.15) is 17.1 Å². The van der Waals surface area contributed by atoms with Crippen molar-refractivity contribution < 1.29 is 14.3 Å². The minimum atomic E-state index is -0.595. The maximum absolute atomic E-state index is 12.2. The number of carbonyl (C=O) groups excluding carboxylic acids is 2. The molecule has 11 nitrogen and oxygen atoms in total. The number of aryl methyl sites for hydroxylation is 1. The number of para-hydroxylation sites is 1. The Kier molecular flexibility index (Phi) is 7.05. The predicted octanol–water partition coefficient (Wildman–Crippen LogP) is 3.52. The van der Waals surface area contributed by atoms with Gasteiger partial charge in [0.2, 0.25) is 17.8 Å². The van der Waals surface area contributed by atoms with Gasteiger partial charge < -0.3 is 26.8 Å². The Morgan fingerprint density at radius 2 is 1.95 bits per heavy atom. The number of hydrogen-bond acceptors (Lipinski definition) is 8. The number of methoxy groups -OCH3 is 1. The highest BCUT2D eigenvalue weighted by Gasteiger charge is 2.20. The van der Waals surface area contributed by atoms with Crippen LogP contribution in [0.25, 0.3) is 28.4 Å². The highest BCUT2D eigenvalue weighted by molar-refractivity contribution is 6.00. The summed E-state index contributed by atoms with van der Waals surface area (Å²) < 4.78 is 7.35. The zero-order valence-electron chi connectivity index (χ0n) is 21.0. The van der Waals surface area contributed by atoms with Crippen molar-refractivity contribution in [1.82, 2.24) is 19.7 Å². The molecule has 0 bridgehead atoms. The minimum absolute atomic E-state index is 0.174. The average Bonchev–Trinajstić information content (AvgIpc) is 3.22. The molecule has 4 aromatic rings. The second-order valence-electron chi connectivity index (χ2n) is 8.29. The third kappa shape index (κ3) is 5.06. The van der Waals surface area contributed by atoms with Crippen molar-refractivity contribution in [1.29, 1.82) is 0 Å². The topological polar surface area (TPSA) is 163 Å². The summed E-state index contributed by atoms with van der Waals surface area (Å²) in [6.45, 7) is 3.57. The molecule has 2 heterocycles. The molecule has 0 unspecified atom stereocenters. The Labute approximate surface area is 213 Å². The number of carbonyl (C=O) groups is 2. The molecule has 190 valence electrons. The van der Waals surface area contributed by atoms with Gasteiger partial charge in [0.15, 0.2) is 0 Å². The third-order valence-electron chi connectivity index (χ3n) is 5.84. The zero-order chi connectivity index (χ0) is 26.7. The monoisotopic (exact) mass is 500 g/mol. The molecule has 0 fully saturated rings. The quantitative estimate of drug-likeness (QED) is 0.211. The van der Waals surface area contributed by atoms with E-state index >= 15 is 0 Å². The number of anilines is 4. The Morgan fingerprint density at radius 1 is 1.19 bits per heavy atom. The lowest BCUT2D eigenvalue weighted by atomic mass is 10.0. The van der Waals surface area contributed by atoms with E-state index in [1.807, 2.05) is 31.3 Å². The number of benzene rings is 2. The molecule has 6 N–H and O–H groups in total. The number of ether oxygens (including phenoxy) is 1. The highest BCUT2D eigenvalue weighted by Crippen LogP contribution is 2.38. The van der Waals surface area contributed by atoms with Crippen molar-refractivity contribution in [3.05, 3.63) is 53.7 Å². The van der Waals surface area contributed by atoms with E-state index in [2.05, 4.69) is 20.7 Å². The number of nitrogen functional groups attached to an aromatic ring is 1. The molecule has 11 heteroatoms. The molecule has 4 rings (SSSR count). The van der Waals surface area contributed by atoms with E-state index in [9.17, 15) is 9.59 Å². The summed E-state index contributed by atoms with van der Waals surface area (Å²) in [5.74, 6) is -0.0350. The van der Waals surface area contributed by atoms with Crippen LogP contribution in [0.5, 0.6) is 5.75 Å². The van der Waals surface area contributed by atoms with Gasteiger partial charge in [-0.25, -0.2) is 9.97 Å². The molecule has 0 saturated carbocycles. The van der Waals surface area contributed by atoms with Crippen LogP contribution in [0.3, 0.4) is 0 Å². The largest absolute Gasteiger partial charge is 0.494 e. The summed E-state index contributed by atoms with van der Waals surface area (Å²) in [6, 6.07) is 9.47. The van der Waals surface area contributed by atoms with Crippen LogP contribution < -0.4 is 26.8 Å². The molecule has 0 aliphatic rings. The number of aromatic nitrogens is 4. The number of hydrogen-bond donors (Lipinski definition) is 4. The molecule has 0 aliphatic carbocycles. The van der Waals surface area contributed by atoms with E-state index in [0.717, 1.165) is 10.9 Å². The number of primary amides is 1. The molecule has 2 aromatic heterocycles. The van der Waals surface area contributed by atoms with Crippen molar-refractivity contribution in [3.63, 3.8) is 0 Å². The van der Waals surface area contributed by atoms with Crippen LogP contribution in [-0.4, -0.2) is 38.7 Å². The molecule has 2 amide bonds. The molecule has 0 spiro atoms. The predicted molar refractivity (Wildman–Crippen MR) is 144 cm³/mol. The van der Waals surface area contributed by atoms with Gasteiger partial charge >= 0.3 is 0 Å². The normalized spacial score (nSPS) is 11.1. The fourth-order valence-electron chi connectivity index (χ4n) is 3.97. The minimum Gasteiger partial charge on any atom is -0.494 e. The standard InChI is InChI=1S/C26H28N8O3/c1-5-21(36)30-18-13-29-26(32-24(18)23-16-8-6-7-9-19(16)34(3)33-23)31-17-12-15(10-11-20(27)35)22(28)14(2)25(17)37-4/h6-13H,5,28H2,1-4H3,(H2,27,35)(H,30,36)(H,29,31,32). The first-order valence-electron chi connectivity index (χ1n) is 11.5. The molecular weight excluding hydrogens is 472 g/mol. The zero-order valence-corrected chi connectivity index (χ0v) is 21.0. The fraction of sp³-hybridized carbons (Fsp3) is 0.192. The lowest BCUT2D eigenvalue weighted by molar-refractivity contribution is -0.116. The van der Waals surface area contributed by atoms with Crippen molar-refractivity contribution >= 4 is 51.8 Å². The summed E-state index contributed by atoms with van der Waals surface area (Å²) in [7, 11) is 3.38. The second-order valence-corrected chi connectivity index (χ2v) is 8.29. The van der Waals surface area contributed by atoms with Gasteiger partial charge in [-0.15, -0.1) is 0 Å². The van der Waals surface area contributed by atoms with Gasteiger partial charge in [-0.1, -0.05) is 25.1 Å². The number of rotatable bonds is 8. The maximum Gasteiger partial charge on any atom is 0.241 e. The van der Waals surface area contributed by atoms with E-state index in [-0.39, 0.29) is 11.9 Å². The van der Waals surface area contributed by atoms with Crippen LogP contribution >= 0.6 is 0 Å². The first-order chi connectivity index (χ1) is 17.7. The van der Waals surface area contributed by atoms with Crippen molar-refractivity contribution in [3.8, 4) is 17.1 Å². The first-order valence-corrected chi connectivity index (χ1v) is 11.5. The summed E-state index contributed by atoms with van der Waals surface area (Å²) in [6.07, 6.45) is 4.59. The molecule has 2 aromatic carbocycles. The highest BCUT2D eigenvalue weighted by atomic mass is 16.5. The summed E-state index contributed by atoms with van der Waals surface area (Å²) >= 11 is 0. The third-order valence-corrected chi connectivity index (χ3v) is 5.84.